The van der Waals surface area contributed by atoms with Crippen LogP contribution in [-0.2, 0) is 0 Å². The minimum Gasteiger partial charge on any atom is -0.356 e. The summed E-state index contributed by atoms with van der Waals surface area (Å²) in [5.74, 6) is 0. The quantitative estimate of drug-likeness (QED) is 0.533. The standard InChI is InChI=1S/C7H4I2N2O/c8-6-5-4(12)1-2-10-7(5)9-3-11-6/h1-3H,(H,10,12). The van der Waals surface area contributed by atoms with Gasteiger partial charge in [-0.2, -0.15) is 0 Å². The van der Waals surface area contributed by atoms with E-state index in [-0.39, 0.29) is 26.2 Å². The van der Waals surface area contributed by atoms with Crippen molar-refractivity contribution in [3.63, 3.8) is 0 Å². The zero-order valence-electron chi connectivity index (χ0n) is 5.84. The van der Waals surface area contributed by atoms with E-state index in [0.29, 0.717) is 0 Å². The first-order valence-corrected chi connectivity index (χ1v) is 6.60. The lowest BCUT2D eigenvalue weighted by atomic mass is 10.3. The maximum atomic E-state index is 11.4. The first kappa shape index (κ1) is 8.54. The molecule has 12 heavy (non-hydrogen) atoms. The van der Waals surface area contributed by atoms with Crippen LogP contribution in [0.3, 0.4) is 0 Å². The summed E-state index contributed by atoms with van der Waals surface area (Å²) in [7, 11) is 0. The molecular formula is C7H4I2N2O. The van der Waals surface area contributed by atoms with E-state index in [4.69, 9.17) is 0 Å². The third-order valence-electron chi connectivity index (χ3n) is 1.44. The SMILES string of the molecule is O=c1cc[nH]c2c1C(I)=NC=I2. The predicted octanol–water partition coefficient (Wildman–Crippen LogP) is 1.47. The molecule has 1 N–H and O–H groups in total. The van der Waals surface area contributed by atoms with E-state index in [1.807, 2.05) is 4.14 Å². The molecule has 0 spiro atoms. The summed E-state index contributed by atoms with van der Waals surface area (Å²) >= 11 is 1.87. The number of nitrogens with one attached hydrogen (secondary N) is 1. The number of H-pyrrole nitrogens is 1. The number of hydrogen-bond donors (Lipinski definition) is 1. The molecule has 1 aliphatic heterocycles. The highest BCUT2D eigenvalue weighted by Crippen LogP contribution is 2.18. The van der Waals surface area contributed by atoms with Crippen LogP contribution in [0, 0.1) is 3.70 Å². The molecule has 1 aromatic rings. The topological polar surface area (TPSA) is 45.2 Å². The van der Waals surface area contributed by atoms with Gasteiger partial charge in [-0.3, -0.25) is 4.79 Å². The van der Waals surface area contributed by atoms with E-state index in [1.54, 1.807) is 12.3 Å². The van der Waals surface area contributed by atoms with Crippen molar-refractivity contribution in [2.24, 2.45) is 4.99 Å². The molecule has 0 radical (unpaired) electrons. The number of aromatic amines is 1. The van der Waals surface area contributed by atoms with E-state index in [1.165, 1.54) is 0 Å². The molecule has 3 nitrogen and oxygen atoms in total. The van der Waals surface area contributed by atoms with Crippen molar-refractivity contribution in [2.45, 2.75) is 0 Å². The molecule has 0 aliphatic carbocycles. The lowest BCUT2D eigenvalue weighted by Crippen LogP contribution is -2.15. The summed E-state index contributed by atoms with van der Waals surface area (Å²) in [4.78, 5) is 18.6. The molecule has 5 heteroatoms. The van der Waals surface area contributed by atoms with Gasteiger partial charge >= 0.3 is 0 Å². The normalized spacial score (nSPS) is 14.6. The van der Waals surface area contributed by atoms with Crippen LogP contribution in [0.1, 0.15) is 5.56 Å². The second kappa shape index (κ2) is 3.36. The molecular weight excluding hydrogens is 382 g/mol. The average Bonchev–Trinajstić information content (AvgIpc) is 2.04. The highest BCUT2D eigenvalue weighted by atomic mass is 127. The lowest BCUT2D eigenvalue weighted by molar-refractivity contribution is 1.24. The highest BCUT2D eigenvalue weighted by Gasteiger charge is 2.11. The molecule has 0 fully saturated rings. The van der Waals surface area contributed by atoms with Crippen LogP contribution in [0.25, 0.3) is 0 Å². The number of pyridine rings is 1. The molecule has 0 saturated carbocycles. The summed E-state index contributed by atoms with van der Waals surface area (Å²) in [6.45, 7) is 0. The zero-order chi connectivity index (χ0) is 8.55. The van der Waals surface area contributed by atoms with Gasteiger partial charge < -0.3 is 4.98 Å². The number of nitrogens with zero attached hydrogens (tertiary/aromatic N) is 1. The Bertz CT molecular complexity index is 433. The van der Waals surface area contributed by atoms with Gasteiger partial charge in [-0.1, -0.05) is 0 Å². The Hall–Kier alpha value is -0.0500. The molecule has 62 valence electrons. The van der Waals surface area contributed by atoms with Crippen molar-refractivity contribution in [3.05, 3.63) is 31.8 Å². The molecule has 0 unspecified atom stereocenters. The second-order valence-electron chi connectivity index (χ2n) is 2.16. The van der Waals surface area contributed by atoms with Crippen LogP contribution >= 0.6 is 43.3 Å². The van der Waals surface area contributed by atoms with Gasteiger partial charge in [-0.25, -0.2) is 4.99 Å². The van der Waals surface area contributed by atoms with Gasteiger partial charge in [0.15, 0.2) is 5.43 Å². The molecule has 0 saturated heterocycles. The summed E-state index contributed by atoms with van der Waals surface area (Å²) in [6, 6.07) is 1.54. The third-order valence-corrected chi connectivity index (χ3v) is 4.29. The van der Waals surface area contributed by atoms with Crippen molar-refractivity contribution < 1.29 is 0 Å². The molecule has 1 aromatic heterocycles. The van der Waals surface area contributed by atoms with Crippen molar-refractivity contribution in [2.75, 3.05) is 0 Å². The summed E-state index contributed by atoms with van der Waals surface area (Å²) < 4.78 is 3.79. The number of rotatable bonds is 0. The smallest absolute Gasteiger partial charge is 0.192 e. The average molecular weight is 386 g/mol. The molecule has 2 rings (SSSR count). The van der Waals surface area contributed by atoms with Crippen LogP contribution in [0.15, 0.2) is 22.1 Å². The Morgan fingerprint density at radius 2 is 2.42 bits per heavy atom. The Kier molecular flexibility index (Phi) is 2.40. The lowest BCUT2D eigenvalue weighted by Gasteiger charge is -2.04. The monoisotopic (exact) mass is 386 g/mol. The number of fused-ring (bicyclic) bond motifs is 1. The van der Waals surface area contributed by atoms with Gasteiger partial charge in [0.25, 0.3) is 0 Å². The summed E-state index contributed by atoms with van der Waals surface area (Å²) in [5, 5.41) is 0. The van der Waals surface area contributed by atoms with E-state index in [0.717, 1.165) is 13.0 Å². The number of halogens is 2. The Balaban J connectivity index is 2.82. The Morgan fingerprint density at radius 3 is 3.17 bits per heavy atom. The van der Waals surface area contributed by atoms with Crippen LogP contribution in [0.5, 0.6) is 0 Å². The van der Waals surface area contributed by atoms with Crippen LogP contribution < -0.4 is 5.43 Å². The largest absolute Gasteiger partial charge is 0.356 e. The van der Waals surface area contributed by atoms with E-state index < -0.39 is 0 Å². The van der Waals surface area contributed by atoms with Crippen molar-refractivity contribution >= 4 is 51.2 Å². The Morgan fingerprint density at radius 1 is 1.58 bits per heavy atom. The fourth-order valence-electron chi connectivity index (χ4n) is 0.913. The first-order valence-electron chi connectivity index (χ1n) is 3.19. The molecule has 2 heterocycles. The van der Waals surface area contributed by atoms with Gasteiger partial charge in [0.2, 0.25) is 0 Å². The number of aromatic nitrogens is 1. The molecule has 0 aromatic carbocycles. The van der Waals surface area contributed by atoms with Gasteiger partial charge in [-0.15, -0.1) is 0 Å². The van der Waals surface area contributed by atoms with Crippen LogP contribution in [0.4, 0.5) is 0 Å². The molecule has 0 bridgehead atoms. The van der Waals surface area contributed by atoms with Crippen molar-refractivity contribution in [3.8, 4) is 0 Å². The van der Waals surface area contributed by atoms with E-state index in [2.05, 4.69) is 32.6 Å². The Labute approximate surface area is 92.2 Å². The van der Waals surface area contributed by atoms with Gasteiger partial charge in [0, 0.05) is 12.3 Å². The number of aliphatic imine (C=N–C) groups is 1. The van der Waals surface area contributed by atoms with Crippen molar-refractivity contribution in [1.29, 1.82) is 0 Å². The summed E-state index contributed by atoms with van der Waals surface area (Å²) in [5.41, 5.74) is 0.845. The van der Waals surface area contributed by atoms with E-state index in [9.17, 15) is 4.79 Å². The number of hydrogen-bond acceptors (Lipinski definition) is 2. The highest BCUT2D eigenvalue weighted by molar-refractivity contribution is 14.2. The molecule has 1 aliphatic rings. The minimum atomic E-state index is -0.222. The zero-order valence-corrected chi connectivity index (χ0v) is 10.2. The maximum absolute atomic E-state index is 11.4. The van der Waals surface area contributed by atoms with E-state index >= 15 is 0 Å². The van der Waals surface area contributed by atoms with Gasteiger partial charge in [0.1, 0.15) is 3.72 Å². The minimum absolute atomic E-state index is 0.0738. The predicted molar refractivity (Wildman–Crippen MR) is 66.4 cm³/mol. The summed E-state index contributed by atoms with van der Waals surface area (Å²) in [6.07, 6.45) is 1.70. The van der Waals surface area contributed by atoms with Crippen LogP contribution in [-0.4, -0.2) is 12.8 Å². The first-order chi connectivity index (χ1) is 5.79. The third kappa shape index (κ3) is 1.39. The van der Waals surface area contributed by atoms with Gasteiger partial charge in [-0.05, 0) is 43.3 Å². The fraction of sp³-hybridized carbons (Fsp3) is 0. The second-order valence-corrected chi connectivity index (χ2v) is 5.44. The van der Waals surface area contributed by atoms with Crippen LogP contribution in [0.2, 0.25) is 0 Å². The fourth-order valence-corrected chi connectivity index (χ4v) is 4.53. The molecule has 0 amide bonds. The molecule has 0 atom stereocenters. The van der Waals surface area contributed by atoms with Gasteiger partial charge in [0.05, 0.1) is 13.4 Å². The maximum Gasteiger partial charge on any atom is 0.192 e. The van der Waals surface area contributed by atoms with Crippen molar-refractivity contribution in [1.82, 2.24) is 4.98 Å².